The van der Waals surface area contributed by atoms with Gasteiger partial charge in [0.2, 0.25) is 0 Å². The van der Waals surface area contributed by atoms with Gasteiger partial charge in [0, 0.05) is 24.9 Å². The maximum absolute atomic E-state index is 13.2. The number of carbonyl (C=O) groups excluding carboxylic acids is 1. The number of nitrogens with one attached hydrogen (secondary N) is 1. The molecular formula is C23H24F2N4O4. The number of amides is 1. The highest BCUT2D eigenvalue weighted by Gasteiger charge is 2.24. The third-order valence-corrected chi connectivity index (χ3v) is 5.16. The normalized spacial score (nSPS) is 11.5. The molecule has 3 aromatic rings. The predicted octanol–water partition coefficient (Wildman–Crippen LogP) is 3.52. The molecular weight excluding hydrogens is 434 g/mol. The van der Waals surface area contributed by atoms with Crippen molar-refractivity contribution in [1.29, 1.82) is 5.26 Å². The Morgan fingerprint density at radius 3 is 2.70 bits per heavy atom. The van der Waals surface area contributed by atoms with Crippen LogP contribution in [0.4, 0.5) is 8.78 Å². The summed E-state index contributed by atoms with van der Waals surface area (Å²) in [6.07, 6.45) is 3.60. The molecule has 2 aromatic heterocycles. The molecule has 3 rings (SSSR count). The minimum absolute atomic E-state index is 0.0434. The van der Waals surface area contributed by atoms with E-state index in [2.05, 4.69) is 21.1 Å². The molecule has 0 atom stereocenters. The van der Waals surface area contributed by atoms with Crippen LogP contribution in [-0.4, -0.2) is 47.3 Å². The Labute approximate surface area is 189 Å². The number of nitrogens with zero attached hydrogens (tertiary/aromatic N) is 3. The molecule has 0 aliphatic carbocycles. The third kappa shape index (κ3) is 5.04. The Balaban J connectivity index is 2.11. The number of carbonyl (C=O) groups is 1. The number of alkyl halides is 2. The molecule has 2 heterocycles. The molecule has 33 heavy (non-hydrogen) atoms. The molecule has 0 fully saturated rings. The summed E-state index contributed by atoms with van der Waals surface area (Å²) in [5.74, 6) is -0.969. The van der Waals surface area contributed by atoms with E-state index in [4.69, 9.17) is 9.84 Å². The van der Waals surface area contributed by atoms with Gasteiger partial charge in [0.25, 0.3) is 5.91 Å². The summed E-state index contributed by atoms with van der Waals surface area (Å²) in [5, 5.41) is 20.8. The average Bonchev–Trinajstić information content (AvgIpc) is 3.21. The van der Waals surface area contributed by atoms with E-state index in [9.17, 15) is 18.8 Å². The van der Waals surface area contributed by atoms with Gasteiger partial charge in [-0.25, -0.2) is 4.98 Å². The smallest absolute Gasteiger partial charge is 0.387 e. The van der Waals surface area contributed by atoms with Crippen molar-refractivity contribution in [2.24, 2.45) is 0 Å². The monoisotopic (exact) mass is 458 g/mol. The summed E-state index contributed by atoms with van der Waals surface area (Å²) in [6.45, 7) is 0.464. The van der Waals surface area contributed by atoms with Crippen LogP contribution in [-0.2, 0) is 5.41 Å². The van der Waals surface area contributed by atoms with Gasteiger partial charge in [0.05, 0.1) is 30.5 Å². The number of aromatic nitrogens is 2. The van der Waals surface area contributed by atoms with Gasteiger partial charge in [0.1, 0.15) is 22.7 Å². The number of aliphatic hydroxyl groups excluding tert-OH is 1. The summed E-state index contributed by atoms with van der Waals surface area (Å²) in [7, 11) is 1.32. The number of fused-ring (bicyclic) bond motifs is 1. The van der Waals surface area contributed by atoms with Crippen molar-refractivity contribution in [2.75, 3.05) is 20.3 Å². The summed E-state index contributed by atoms with van der Waals surface area (Å²) in [6, 6.07) is 8.68. The Morgan fingerprint density at radius 1 is 1.33 bits per heavy atom. The Hall–Kier alpha value is -3.71. The number of ether oxygens (including phenoxy) is 2. The molecule has 0 saturated carbocycles. The van der Waals surface area contributed by atoms with Crippen molar-refractivity contribution >= 4 is 11.6 Å². The SMILES string of the molecule is COc1cc(-c2cnc3cc(C(C)(C)C#N)ccn23)cc(OC(F)F)c1C(=O)NCCCO. The van der Waals surface area contributed by atoms with Crippen LogP contribution in [0.15, 0.2) is 36.7 Å². The Bertz CT molecular complexity index is 1200. The van der Waals surface area contributed by atoms with Crippen LogP contribution < -0.4 is 14.8 Å². The fourth-order valence-corrected chi connectivity index (χ4v) is 3.33. The van der Waals surface area contributed by atoms with Crippen LogP contribution >= 0.6 is 0 Å². The number of nitriles is 1. The minimum Gasteiger partial charge on any atom is -0.496 e. The predicted molar refractivity (Wildman–Crippen MR) is 116 cm³/mol. The highest BCUT2D eigenvalue weighted by atomic mass is 19.3. The van der Waals surface area contributed by atoms with E-state index in [0.717, 1.165) is 5.56 Å². The first kappa shape index (κ1) is 23.9. The van der Waals surface area contributed by atoms with Crippen molar-refractivity contribution < 1.29 is 28.2 Å². The van der Waals surface area contributed by atoms with Crippen molar-refractivity contribution in [3.05, 3.63) is 47.8 Å². The second-order valence-electron chi connectivity index (χ2n) is 7.79. The van der Waals surface area contributed by atoms with Crippen LogP contribution in [0.25, 0.3) is 16.9 Å². The van der Waals surface area contributed by atoms with Crippen LogP contribution in [0.1, 0.15) is 36.2 Å². The number of aliphatic hydroxyl groups is 1. The van der Waals surface area contributed by atoms with E-state index in [1.165, 1.54) is 19.2 Å². The number of methoxy groups -OCH3 is 1. The second-order valence-corrected chi connectivity index (χ2v) is 7.79. The van der Waals surface area contributed by atoms with Crippen LogP contribution in [0.2, 0.25) is 0 Å². The first-order chi connectivity index (χ1) is 15.7. The molecule has 0 aliphatic heterocycles. The van der Waals surface area contributed by atoms with Gasteiger partial charge >= 0.3 is 6.61 Å². The summed E-state index contributed by atoms with van der Waals surface area (Å²) >= 11 is 0. The van der Waals surface area contributed by atoms with Crippen molar-refractivity contribution in [1.82, 2.24) is 14.7 Å². The molecule has 0 saturated heterocycles. The highest BCUT2D eigenvalue weighted by molar-refractivity contribution is 6.00. The molecule has 0 spiro atoms. The van der Waals surface area contributed by atoms with Crippen molar-refractivity contribution in [2.45, 2.75) is 32.3 Å². The maximum atomic E-state index is 13.2. The van der Waals surface area contributed by atoms with Gasteiger partial charge < -0.3 is 19.9 Å². The van der Waals surface area contributed by atoms with E-state index in [1.54, 1.807) is 42.8 Å². The van der Waals surface area contributed by atoms with E-state index < -0.39 is 17.9 Å². The number of rotatable bonds is 9. The third-order valence-electron chi connectivity index (χ3n) is 5.16. The van der Waals surface area contributed by atoms with E-state index in [1.807, 2.05) is 0 Å². The lowest BCUT2D eigenvalue weighted by atomic mass is 9.87. The van der Waals surface area contributed by atoms with Crippen molar-refractivity contribution in [3.8, 4) is 28.8 Å². The lowest BCUT2D eigenvalue weighted by Crippen LogP contribution is -2.26. The highest BCUT2D eigenvalue weighted by Crippen LogP contribution is 2.36. The lowest BCUT2D eigenvalue weighted by Gasteiger charge is -2.17. The maximum Gasteiger partial charge on any atom is 0.387 e. The molecule has 0 bridgehead atoms. The largest absolute Gasteiger partial charge is 0.496 e. The fraction of sp³-hybridized carbons (Fsp3) is 0.348. The second kappa shape index (κ2) is 9.83. The fourth-order valence-electron chi connectivity index (χ4n) is 3.33. The Morgan fingerprint density at radius 2 is 2.06 bits per heavy atom. The topological polar surface area (TPSA) is 109 Å². The van der Waals surface area contributed by atoms with Gasteiger partial charge in [-0.05, 0) is 50.1 Å². The van der Waals surface area contributed by atoms with Gasteiger partial charge in [-0.15, -0.1) is 0 Å². The summed E-state index contributed by atoms with van der Waals surface area (Å²) in [5.41, 5.74) is 1.45. The average molecular weight is 458 g/mol. The standard InChI is InChI=1S/C23H24F2N4O4/c1-23(2,13-26)15-5-7-29-16(12-28-19(29)11-15)14-9-17(32-3)20(18(10-14)33-22(24)25)21(31)27-6-4-8-30/h5,7,9-12,22,30H,4,6,8H2,1-3H3,(H,27,31). The Kier molecular flexibility index (Phi) is 7.13. The molecule has 8 nitrogen and oxygen atoms in total. The van der Waals surface area contributed by atoms with Crippen LogP contribution in [0.3, 0.4) is 0 Å². The number of pyridine rings is 1. The lowest BCUT2D eigenvalue weighted by molar-refractivity contribution is -0.0502. The van der Waals surface area contributed by atoms with Gasteiger partial charge in [-0.1, -0.05) is 0 Å². The summed E-state index contributed by atoms with van der Waals surface area (Å²) < 4.78 is 38.0. The quantitative estimate of drug-likeness (QED) is 0.475. The van der Waals surface area contributed by atoms with E-state index in [0.29, 0.717) is 23.3 Å². The van der Waals surface area contributed by atoms with Gasteiger partial charge in [0.15, 0.2) is 0 Å². The van der Waals surface area contributed by atoms with Gasteiger partial charge in [-0.3, -0.25) is 9.20 Å². The molecule has 0 aliphatic rings. The number of halogens is 2. The molecule has 1 amide bonds. The molecule has 2 N–H and O–H groups in total. The molecule has 1 aromatic carbocycles. The minimum atomic E-state index is -3.16. The molecule has 10 heteroatoms. The molecule has 174 valence electrons. The zero-order chi connectivity index (χ0) is 24.2. The number of hydrogen-bond acceptors (Lipinski definition) is 6. The number of benzene rings is 1. The summed E-state index contributed by atoms with van der Waals surface area (Å²) in [4.78, 5) is 17.0. The zero-order valence-corrected chi connectivity index (χ0v) is 18.4. The van der Waals surface area contributed by atoms with Gasteiger partial charge in [-0.2, -0.15) is 14.0 Å². The molecule has 0 radical (unpaired) electrons. The van der Waals surface area contributed by atoms with Crippen LogP contribution in [0, 0.1) is 11.3 Å². The number of imidazole rings is 1. The van der Waals surface area contributed by atoms with E-state index in [-0.39, 0.29) is 30.2 Å². The van der Waals surface area contributed by atoms with E-state index >= 15 is 0 Å². The first-order valence-corrected chi connectivity index (χ1v) is 10.2. The van der Waals surface area contributed by atoms with Crippen LogP contribution in [0.5, 0.6) is 11.5 Å². The zero-order valence-electron chi connectivity index (χ0n) is 18.4. The molecule has 0 unspecified atom stereocenters. The number of hydrogen-bond donors (Lipinski definition) is 2. The first-order valence-electron chi connectivity index (χ1n) is 10.2. The van der Waals surface area contributed by atoms with Crippen molar-refractivity contribution in [3.63, 3.8) is 0 Å².